The second kappa shape index (κ2) is 4.48. The van der Waals surface area contributed by atoms with Crippen LogP contribution in [0.1, 0.15) is 27.7 Å². The molecule has 5 heteroatoms. The molecule has 16 heavy (non-hydrogen) atoms. The van der Waals surface area contributed by atoms with Crippen molar-refractivity contribution in [2.24, 2.45) is 5.41 Å². The van der Waals surface area contributed by atoms with E-state index >= 15 is 0 Å². The van der Waals surface area contributed by atoms with Gasteiger partial charge in [-0.25, -0.2) is 0 Å². The minimum atomic E-state index is -1.14. The second-order valence-corrected chi connectivity index (χ2v) is 4.21. The first-order chi connectivity index (χ1) is 6.71. The van der Waals surface area contributed by atoms with Gasteiger partial charge in [0.1, 0.15) is 17.1 Å². The van der Waals surface area contributed by atoms with Gasteiger partial charge in [-0.3, -0.25) is 9.59 Å². The fraction of sp³-hybridized carbons (Fsp3) is 0.455. The quantitative estimate of drug-likeness (QED) is 0.706. The Labute approximate surface area is 106 Å². The fourth-order valence-corrected chi connectivity index (χ4v) is 1.62. The maximum absolute atomic E-state index is 11.8. The summed E-state index contributed by atoms with van der Waals surface area (Å²) in [6.45, 7) is 5.73. The number of rotatable bonds is 1. The summed E-state index contributed by atoms with van der Waals surface area (Å²) in [6.07, 6.45) is 0. The van der Waals surface area contributed by atoms with Crippen LogP contribution < -0.4 is 0 Å². The topological polar surface area (TPSA) is 74.6 Å². The number of allylic oxidation sites excluding steroid dienone is 3. The van der Waals surface area contributed by atoms with Crippen LogP contribution in [0.5, 0.6) is 0 Å². The maximum atomic E-state index is 11.8. The number of hydrogen-bond donors (Lipinski definition) is 2. The summed E-state index contributed by atoms with van der Waals surface area (Å²) in [7, 11) is 0. The van der Waals surface area contributed by atoms with Crippen molar-refractivity contribution >= 4 is 11.6 Å². The monoisotopic (exact) mass is 261 g/mol. The first-order valence-corrected chi connectivity index (χ1v) is 4.61. The van der Waals surface area contributed by atoms with Gasteiger partial charge < -0.3 is 10.2 Å². The molecule has 4 nitrogen and oxygen atoms in total. The van der Waals surface area contributed by atoms with Gasteiger partial charge in [-0.2, -0.15) is 0 Å². The van der Waals surface area contributed by atoms with Gasteiger partial charge in [-0.05, 0) is 27.7 Å². The smallest absolute Gasteiger partial charge is 0.183 e. The van der Waals surface area contributed by atoms with Crippen molar-refractivity contribution < 1.29 is 38.4 Å². The van der Waals surface area contributed by atoms with E-state index in [1.54, 1.807) is 0 Å². The average Bonchev–Trinajstić information content (AvgIpc) is 2.12. The Kier molecular flexibility index (Phi) is 4.20. The Morgan fingerprint density at radius 3 is 2.06 bits per heavy atom. The molecule has 0 heterocycles. The van der Waals surface area contributed by atoms with Gasteiger partial charge in [0.15, 0.2) is 11.6 Å². The molecule has 0 aromatic heterocycles. The third kappa shape index (κ3) is 1.95. The van der Waals surface area contributed by atoms with Crippen LogP contribution >= 0.6 is 0 Å². The molecule has 2 N–H and O–H groups in total. The van der Waals surface area contributed by atoms with Crippen molar-refractivity contribution in [1.82, 2.24) is 0 Å². The minimum Gasteiger partial charge on any atom is -0.511 e. The molecule has 0 saturated carbocycles. The molecule has 1 radical (unpaired) electrons. The minimum absolute atomic E-state index is 0. The largest absolute Gasteiger partial charge is 0.511 e. The van der Waals surface area contributed by atoms with E-state index in [4.69, 9.17) is 0 Å². The van der Waals surface area contributed by atoms with Crippen molar-refractivity contribution in [2.75, 3.05) is 0 Å². The molecular formula is C11H14O4V. The maximum Gasteiger partial charge on any atom is 0.183 e. The number of Topliss-reactive ketones (excluding diaryl/α,β-unsaturated/α-hetero) is 2. The molecule has 87 valence electrons. The Hall–Kier alpha value is -0.996. The third-order valence-electron chi connectivity index (χ3n) is 2.69. The number of aliphatic hydroxyl groups is 2. The summed E-state index contributed by atoms with van der Waals surface area (Å²) >= 11 is 0. The average molecular weight is 261 g/mol. The molecule has 0 fully saturated rings. The molecule has 0 aromatic rings. The van der Waals surface area contributed by atoms with Gasteiger partial charge in [-0.1, -0.05) is 0 Å². The predicted molar refractivity (Wildman–Crippen MR) is 54.5 cm³/mol. The van der Waals surface area contributed by atoms with Crippen molar-refractivity contribution in [3.63, 3.8) is 0 Å². The summed E-state index contributed by atoms with van der Waals surface area (Å²) in [5.41, 5.74) is -1.18. The molecular weight excluding hydrogens is 247 g/mol. The van der Waals surface area contributed by atoms with Gasteiger partial charge >= 0.3 is 0 Å². The summed E-state index contributed by atoms with van der Waals surface area (Å²) in [5, 5.41) is 19.3. The zero-order valence-electron chi connectivity index (χ0n) is 9.66. The number of carbonyl (C=O) groups is 2. The van der Waals surface area contributed by atoms with E-state index in [0.29, 0.717) is 0 Å². The van der Waals surface area contributed by atoms with Gasteiger partial charge in [0.25, 0.3) is 0 Å². The summed E-state index contributed by atoms with van der Waals surface area (Å²) in [5.74, 6) is -1.63. The molecule has 0 amide bonds. The van der Waals surface area contributed by atoms with E-state index in [1.807, 2.05) is 0 Å². The molecule has 0 saturated heterocycles. The van der Waals surface area contributed by atoms with Gasteiger partial charge in [0, 0.05) is 24.1 Å². The van der Waals surface area contributed by atoms with Crippen LogP contribution in [0.4, 0.5) is 0 Å². The SMILES string of the molecule is CC(=O)C1=C(O)C(C)=C(O)C(C)(C)C1=O.[V]. The van der Waals surface area contributed by atoms with Crippen LogP contribution in [0.3, 0.4) is 0 Å². The summed E-state index contributed by atoms with van der Waals surface area (Å²) in [4.78, 5) is 23.0. The van der Waals surface area contributed by atoms with Crippen LogP contribution in [-0.4, -0.2) is 21.8 Å². The van der Waals surface area contributed by atoms with Crippen LogP contribution in [0.25, 0.3) is 0 Å². The van der Waals surface area contributed by atoms with Crippen LogP contribution in [0.15, 0.2) is 22.7 Å². The van der Waals surface area contributed by atoms with E-state index in [1.165, 1.54) is 27.7 Å². The Bertz CT molecular complexity index is 416. The Morgan fingerprint density at radius 1 is 1.25 bits per heavy atom. The van der Waals surface area contributed by atoms with E-state index in [0.717, 1.165) is 0 Å². The van der Waals surface area contributed by atoms with E-state index in [2.05, 4.69) is 0 Å². The number of ketones is 2. The summed E-state index contributed by atoms with van der Waals surface area (Å²) < 4.78 is 0. The number of aliphatic hydroxyl groups excluding tert-OH is 2. The molecule has 1 rings (SSSR count). The van der Waals surface area contributed by atoms with Crippen molar-refractivity contribution in [3.8, 4) is 0 Å². The fourth-order valence-electron chi connectivity index (χ4n) is 1.62. The van der Waals surface area contributed by atoms with Crippen molar-refractivity contribution in [1.29, 1.82) is 0 Å². The molecule has 0 unspecified atom stereocenters. The van der Waals surface area contributed by atoms with Crippen LogP contribution in [0, 0.1) is 5.41 Å². The summed E-state index contributed by atoms with van der Waals surface area (Å²) in [6, 6.07) is 0. The van der Waals surface area contributed by atoms with Crippen molar-refractivity contribution in [2.45, 2.75) is 27.7 Å². The van der Waals surface area contributed by atoms with Crippen LogP contribution in [-0.2, 0) is 28.1 Å². The molecule has 1 aliphatic rings. The molecule has 0 aliphatic heterocycles. The van der Waals surface area contributed by atoms with Crippen LogP contribution in [0.2, 0.25) is 0 Å². The van der Waals surface area contributed by atoms with E-state index < -0.39 is 22.7 Å². The molecule has 0 aromatic carbocycles. The zero-order valence-corrected chi connectivity index (χ0v) is 11.1. The molecule has 0 spiro atoms. The Balaban J connectivity index is 0.00000225. The predicted octanol–water partition coefficient (Wildman–Crippen LogP) is 1.83. The standard InChI is InChI=1S/C11H14O4.V/c1-5-8(13)7(6(2)12)10(15)11(3,4)9(5)14;/h13-14H,1-4H3;. The number of carbonyl (C=O) groups excluding carboxylic acids is 2. The second-order valence-electron chi connectivity index (χ2n) is 4.21. The first kappa shape index (κ1) is 15.0. The molecule has 0 bridgehead atoms. The van der Waals surface area contributed by atoms with E-state index in [-0.39, 0.29) is 35.5 Å². The van der Waals surface area contributed by atoms with Crippen molar-refractivity contribution in [3.05, 3.63) is 22.7 Å². The van der Waals surface area contributed by atoms with Gasteiger partial charge in [0.2, 0.25) is 0 Å². The first-order valence-electron chi connectivity index (χ1n) is 4.61. The Morgan fingerprint density at radius 2 is 1.69 bits per heavy atom. The van der Waals surface area contributed by atoms with Gasteiger partial charge in [0.05, 0.1) is 5.41 Å². The normalized spacial score (nSPS) is 19.6. The molecule has 0 atom stereocenters. The number of hydrogen-bond acceptors (Lipinski definition) is 4. The third-order valence-corrected chi connectivity index (χ3v) is 2.69. The molecule has 1 aliphatic carbocycles. The van der Waals surface area contributed by atoms with E-state index in [9.17, 15) is 19.8 Å². The van der Waals surface area contributed by atoms with Gasteiger partial charge in [-0.15, -0.1) is 0 Å². The zero-order chi connectivity index (χ0) is 12.0.